The van der Waals surface area contributed by atoms with E-state index >= 15 is 0 Å². The zero-order valence-corrected chi connectivity index (χ0v) is 17.4. The highest BCUT2D eigenvalue weighted by atomic mass is 15.1. The van der Waals surface area contributed by atoms with Crippen LogP contribution in [0.3, 0.4) is 0 Å². The van der Waals surface area contributed by atoms with Crippen LogP contribution in [-0.4, -0.2) is 9.97 Å². The van der Waals surface area contributed by atoms with E-state index in [9.17, 15) is 0 Å². The van der Waals surface area contributed by atoms with Crippen LogP contribution < -0.4 is 10.6 Å². The molecule has 0 aliphatic rings. The van der Waals surface area contributed by atoms with Gasteiger partial charge in [0.05, 0.1) is 11.4 Å². The SMILES string of the molecule is c1ccc(Nc2nc(-c3ccccc3)c(-c3ccccc3)nc2Nc2ccccc2)cc1. The van der Waals surface area contributed by atoms with Crippen LogP contribution >= 0.6 is 0 Å². The molecule has 0 fully saturated rings. The minimum Gasteiger partial charge on any atom is -0.337 e. The molecule has 1 heterocycles. The van der Waals surface area contributed by atoms with E-state index in [1.807, 2.05) is 97.1 Å². The van der Waals surface area contributed by atoms with Gasteiger partial charge < -0.3 is 10.6 Å². The number of rotatable bonds is 6. The minimum absolute atomic E-state index is 0.665. The van der Waals surface area contributed by atoms with Crippen molar-refractivity contribution in [3.63, 3.8) is 0 Å². The lowest BCUT2D eigenvalue weighted by Gasteiger charge is -2.17. The Hall–Kier alpha value is -4.44. The summed E-state index contributed by atoms with van der Waals surface area (Å²) in [5.41, 5.74) is 5.58. The Labute approximate surface area is 187 Å². The van der Waals surface area contributed by atoms with E-state index in [4.69, 9.17) is 9.97 Å². The van der Waals surface area contributed by atoms with Crippen molar-refractivity contribution in [1.29, 1.82) is 0 Å². The Balaban J connectivity index is 1.70. The van der Waals surface area contributed by atoms with Crippen LogP contribution in [0.5, 0.6) is 0 Å². The fourth-order valence-electron chi connectivity index (χ4n) is 3.52. The Bertz CT molecular complexity index is 1190. The van der Waals surface area contributed by atoms with E-state index in [-0.39, 0.29) is 0 Å². The summed E-state index contributed by atoms with van der Waals surface area (Å²) >= 11 is 0. The molecule has 2 N–H and O–H groups in total. The maximum atomic E-state index is 5.07. The van der Waals surface area contributed by atoms with Gasteiger partial charge in [0.25, 0.3) is 0 Å². The summed E-state index contributed by atoms with van der Waals surface area (Å²) in [6, 6.07) is 40.4. The van der Waals surface area contributed by atoms with Crippen LogP contribution in [0.1, 0.15) is 0 Å². The number of nitrogens with zero attached hydrogens (tertiary/aromatic N) is 2. The Kier molecular flexibility index (Phi) is 5.58. The highest BCUT2D eigenvalue weighted by molar-refractivity contribution is 5.84. The Morgan fingerprint density at radius 1 is 0.375 bits per heavy atom. The van der Waals surface area contributed by atoms with Crippen molar-refractivity contribution in [2.24, 2.45) is 0 Å². The molecule has 154 valence electrons. The number of aromatic nitrogens is 2. The standard InChI is InChI=1S/C28H22N4/c1-5-13-21(14-6-1)25-26(22-15-7-2-8-16-22)32-28(30-24-19-11-4-12-20-24)27(31-25)29-23-17-9-3-10-18-23/h1-20H,(H,29,31)(H,30,32). The predicted molar refractivity (Wildman–Crippen MR) is 132 cm³/mol. The summed E-state index contributed by atoms with van der Waals surface area (Å²) in [5, 5.41) is 6.89. The highest BCUT2D eigenvalue weighted by Gasteiger charge is 2.17. The molecule has 0 saturated carbocycles. The quantitative estimate of drug-likeness (QED) is 0.306. The molecule has 0 bridgehead atoms. The lowest BCUT2D eigenvalue weighted by atomic mass is 10.0. The smallest absolute Gasteiger partial charge is 0.174 e. The summed E-state index contributed by atoms with van der Waals surface area (Å²) in [6.07, 6.45) is 0. The van der Waals surface area contributed by atoms with Gasteiger partial charge in [-0.1, -0.05) is 97.1 Å². The summed E-state index contributed by atoms with van der Waals surface area (Å²) in [5.74, 6) is 1.33. The van der Waals surface area contributed by atoms with E-state index in [2.05, 4.69) is 34.9 Å². The molecule has 0 unspecified atom stereocenters. The second-order valence-electron chi connectivity index (χ2n) is 7.33. The average Bonchev–Trinajstić information content (AvgIpc) is 2.87. The molecule has 0 atom stereocenters. The van der Waals surface area contributed by atoms with Gasteiger partial charge in [0, 0.05) is 22.5 Å². The van der Waals surface area contributed by atoms with Gasteiger partial charge in [-0.25, -0.2) is 9.97 Å². The second kappa shape index (κ2) is 9.14. The van der Waals surface area contributed by atoms with Gasteiger partial charge in [0.15, 0.2) is 11.6 Å². The lowest BCUT2D eigenvalue weighted by Crippen LogP contribution is -2.06. The van der Waals surface area contributed by atoms with Crippen molar-refractivity contribution in [3.05, 3.63) is 121 Å². The maximum absolute atomic E-state index is 5.07. The predicted octanol–water partition coefficient (Wildman–Crippen LogP) is 7.30. The third-order valence-corrected chi connectivity index (χ3v) is 5.06. The molecule has 32 heavy (non-hydrogen) atoms. The van der Waals surface area contributed by atoms with Crippen molar-refractivity contribution in [1.82, 2.24) is 9.97 Å². The molecular formula is C28H22N4. The Morgan fingerprint density at radius 3 is 1.03 bits per heavy atom. The van der Waals surface area contributed by atoms with Crippen molar-refractivity contribution in [2.75, 3.05) is 10.6 Å². The lowest BCUT2D eigenvalue weighted by molar-refractivity contribution is 1.20. The number of anilines is 4. The van der Waals surface area contributed by atoms with Crippen LogP contribution in [0.2, 0.25) is 0 Å². The van der Waals surface area contributed by atoms with Crippen molar-refractivity contribution < 1.29 is 0 Å². The molecular weight excluding hydrogens is 392 g/mol. The minimum atomic E-state index is 0.665. The van der Waals surface area contributed by atoms with E-state index in [0.717, 1.165) is 33.9 Å². The third-order valence-electron chi connectivity index (χ3n) is 5.06. The van der Waals surface area contributed by atoms with Crippen molar-refractivity contribution in [2.45, 2.75) is 0 Å². The monoisotopic (exact) mass is 414 g/mol. The third kappa shape index (κ3) is 4.35. The van der Waals surface area contributed by atoms with Gasteiger partial charge in [-0.15, -0.1) is 0 Å². The maximum Gasteiger partial charge on any atom is 0.174 e. The van der Waals surface area contributed by atoms with Gasteiger partial charge in [0.2, 0.25) is 0 Å². The normalized spacial score (nSPS) is 10.5. The first-order chi connectivity index (χ1) is 15.9. The first kappa shape index (κ1) is 19.5. The fourth-order valence-corrected chi connectivity index (χ4v) is 3.52. The summed E-state index contributed by atoms with van der Waals surface area (Å²) in [4.78, 5) is 10.1. The van der Waals surface area contributed by atoms with E-state index < -0.39 is 0 Å². The van der Waals surface area contributed by atoms with E-state index in [1.165, 1.54) is 0 Å². The number of benzene rings is 4. The Morgan fingerprint density at radius 2 is 0.688 bits per heavy atom. The van der Waals surface area contributed by atoms with Crippen LogP contribution in [0.25, 0.3) is 22.5 Å². The van der Waals surface area contributed by atoms with Gasteiger partial charge >= 0.3 is 0 Å². The van der Waals surface area contributed by atoms with Crippen LogP contribution in [0, 0.1) is 0 Å². The highest BCUT2D eigenvalue weighted by Crippen LogP contribution is 2.35. The summed E-state index contributed by atoms with van der Waals surface area (Å²) in [7, 11) is 0. The van der Waals surface area contributed by atoms with Crippen LogP contribution in [0.15, 0.2) is 121 Å². The van der Waals surface area contributed by atoms with Crippen LogP contribution in [-0.2, 0) is 0 Å². The van der Waals surface area contributed by atoms with Crippen LogP contribution in [0.4, 0.5) is 23.0 Å². The zero-order valence-electron chi connectivity index (χ0n) is 17.4. The number of hydrogen-bond donors (Lipinski definition) is 2. The molecule has 5 rings (SSSR count). The number of para-hydroxylation sites is 2. The summed E-state index contributed by atoms with van der Waals surface area (Å²) in [6.45, 7) is 0. The molecule has 0 spiro atoms. The van der Waals surface area contributed by atoms with Gasteiger partial charge in [-0.2, -0.15) is 0 Å². The van der Waals surface area contributed by atoms with Gasteiger partial charge in [-0.3, -0.25) is 0 Å². The molecule has 0 aliphatic carbocycles. The van der Waals surface area contributed by atoms with Crippen molar-refractivity contribution >= 4 is 23.0 Å². The molecule has 4 nitrogen and oxygen atoms in total. The van der Waals surface area contributed by atoms with E-state index in [0.29, 0.717) is 11.6 Å². The molecule has 0 saturated heterocycles. The topological polar surface area (TPSA) is 49.8 Å². The number of hydrogen-bond acceptors (Lipinski definition) is 4. The number of nitrogens with one attached hydrogen (secondary N) is 2. The molecule has 4 aromatic carbocycles. The second-order valence-corrected chi connectivity index (χ2v) is 7.33. The zero-order chi connectivity index (χ0) is 21.6. The largest absolute Gasteiger partial charge is 0.337 e. The molecule has 0 amide bonds. The van der Waals surface area contributed by atoms with Gasteiger partial charge in [-0.05, 0) is 24.3 Å². The average molecular weight is 415 g/mol. The van der Waals surface area contributed by atoms with Crippen molar-refractivity contribution in [3.8, 4) is 22.5 Å². The van der Waals surface area contributed by atoms with Gasteiger partial charge in [0.1, 0.15) is 0 Å². The molecule has 5 aromatic rings. The first-order valence-corrected chi connectivity index (χ1v) is 10.5. The first-order valence-electron chi connectivity index (χ1n) is 10.5. The van der Waals surface area contributed by atoms with E-state index in [1.54, 1.807) is 0 Å². The summed E-state index contributed by atoms with van der Waals surface area (Å²) < 4.78 is 0. The molecule has 0 aliphatic heterocycles. The molecule has 0 radical (unpaired) electrons. The molecule has 1 aromatic heterocycles. The molecule has 4 heteroatoms. The fraction of sp³-hybridized carbons (Fsp3) is 0.